The summed E-state index contributed by atoms with van der Waals surface area (Å²) in [5.74, 6) is -0.0194. The van der Waals surface area contributed by atoms with Crippen molar-refractivity contribution in [1.82, 2.24) is 0 Å². The summed E-state index contributed by atoms with van der Waals surface area (Å²) in [5, 5.41) is 2.60. The Kier molecular flexibility index (Phi) is 5.34. The average Bonchev–Trinajstić information content (AvgIpc) is 2.63. The lowest BCUT2D eigenvalue weighted by Gasteiger charge is -2.09. The van der Waals surface area contributed by atoms with Gasteiger partial charge >= 0.3 is 0 Å². The number of hydrogen-bond donors (Lipinski definition) is 1. The van der Waals surface area contributed by atoms with Crippen LogP contribution in [0.3, 0.4) is 0 Å². The van der Waals surface area contributed by atoms with Gasteiger partial charge in [0, 0.05) is 11.8 Å². The lowest BCUT2D eigenvalue weighted by molar-refractivity contribution is -0.113. The van der Waals surface area contributed by atoms with E-state index in [1.54, 1.807) is 42.5 Å². The third-order valence-electron chi connectivity index (χ3n) is 3.52. The van der Waals surface area contributed by atoms with E-state index in [-0.39, 0.29) is 4.90 Å². The number of anilines is 1. The molecule has 0 aliphatic heterocycles. The fourth-order valence-corrected chi connectivity index (χ4v) is 3.50. The number of benzene rings is 3. The Balaban J connectivity index is 1.67. The summed E-state index contributed by atoms with van der Waals surface area (Å²) in [4.78, 5) is 12.3. The number of nitrogens with one attached hydrogen (secondary N) is 1. The van der Waals surface area contributed by atoms with Crippen LogP contribution in [0.25, 0.3) is 0 Å². The molecule has 3 rings (SSSR count). The van der Waals surface area contributed by atoms with Gasteiger partial charge in [-0.1, -0.05) is 42.5 Å². The fourth-order valence-electron chi connectivity index (χ4n) is 2.34. The Morgan fingerprint density at radius 1 is 0.808 bits per heavy atom. The van der Waals surface area contributed by atoms with Crippen LogP contribution in [0.2, 0.25) is 0 Å². The third-order valence-corrected chi connectivity index (χ3v) is 5.15. The predicted octanol–water partition coefficient (Wildman–Crippen LogP) is 3.89. The van der Waals surface area contributed by atoms with Crippen molar-refractivity contribution in [2.45, 2.75) is 4.90 Å². The molecule has 1 N–H and O–H groups in total. The minimum atomic E-state index is -3.68. The average molecular weight is 367 g/mol. The largest absolute Gasteiger partial charge is 0.457 e. The van der Waals surface area contributed by atoms with Gasteiger partial charge in [-0.2, -0.15) is 0 Å². The molecule has 0 heterocycles. The maximum Gasteiger partial charge on any atom is 0.239 e. The molecule has 3 aromatic rings. The summed E-state index contributed by atoms with van der Waals surface area (Å²) in [5.41, 5.74) is 0.465. The summed E-state index contributed by atoms with van der Waals surface area (Å²) in [6.07, 6.45) is 0. The molecule has 26 heavy (non-hydrogen) atoms. The lowest BCUT2D eigenvalue weighted by atomic mass is 10.3. The molecule has 0 aliphatic rings. The topological polar surface area (TPSA) is 72.5 Å². The molecule has 0 saturated heterocycles. The monoisotopic (exact) mass is 367 g/mol. The first-order valence-corrected chi connectivity index (χ1v) is 9.59. The molecule has 0 fully saturated rings. The SMILES string of the molecule is O=C(CS(=O)(=O)c1ccccc1)Nc1cccc(Oc2ccccc2)c1. The van der Waals surface area contributed by atoms with Crippen LogP contribution in [-0.2, 0) is 14.6 Å². The maximum atomic E-state index is 12.3. The van der Waals surface area contributed by atoms with Gasteiger partial charge in [-0.15, -0.1) is 0 Å². The molecule has 0 aliphatic carbocycles. The number of amides is 1. The first-order chi connectivity index (χ1) is 12.5. The van der Waals surface area contributed by atoms with Crippen molar-refractivity contribution in [1.29, 1.82) is 0 Å². The van der Waals surface area contributed by atoms with Crippen molar-refractivity contribution < 1.29 is 17.9 Å². The van der Waals surface area contributed by atoms with E-state index in [9.17, 15) is 13.2 Å². The molecule has 1 amide bonds. The highest BCUT2D eigenvalue weighted by Gasteiger charge is 2.19. The van der Waals surface area contributed by atoms with Gasteiger partial charge in [0.25, 0.3) is 0 Å². The highest BCUT2D eigenvalue weighted by molar-refractivity contribution is 7.92. The zero-order valence-corrected chi connectivity index (χ0v) is 14.6. The van der Waals surface area contributed by atoms with Gasteiger partial charge in [0.2, 0.25) is 5.91 Å². The van der Waals surface area contributed by atoms with Gasteiger partial charge in [0.1, 0.15) is 17.3 Å². The van der Waals surface area contributed by atoms with Crippen molar-refractivity contribution in [3.8, 4) is 11.5 Å². The van der Waals surface area contributed by atoms with Crippen LogP contribution in [0.15, 0.2) is 89.8 Å². The minimum absolute atomic E-state index is 0.122. The normalized spacial score (nSPS) is 10.9. The summed E-state index contributed by atoms with van der Waals surface area (Å²) in [6.45, 7) is 0. The molecule has 0 atom stereocenters. The van der Waals surface area contributed by atoms with Crippen LogP contribution in [0.5, 0.6) is 11.5 Å². The van der Waals surface area contributed by atoms with E-state index in [4.69, 9.17) is 4.74 Å². The second-order valence-electron chi connectivity index (χ2n) is 5.56. The first kappa shape index (κ1) is 17.7. The number of hydrogen-bond acceptors (Lipinski definition) is 4. The molecule has 132 valence electrons. The molecule has 0 spiro atoms. The van der Waals surface area contributed by atoms with Crippen LogP contribution < -0.4 is 10.1 Å². The van der Waals surface area contributed by atoms with Crippen LogP contribution >= 0.6 is 0 Å². The molecule has 0 aromatic heterocycles. The predicted molar refractivity (Wildman–Crippen MR) is 100 cm³/mol. The molecular formula is C20H17NO4S. The van der Waals surface area contributed by atoms with Gasteiger partial charge in [0.15, 0.2) is 9.84 Å². The second kappa shape index (κ2) is 7.84. The van der Waals surface area contributed by atoms with Gasteiger partial charge in [-0.3, -0.25) is 4.79 Å². The van der Waals surface area contributed by atoms with E-state index in [0.717, 1.165) is 0 Å². The van der Waals surface area contributed by atoms with Gasteiger partial charge in [-0.05, 0) is 36.4 Å². The third kappa shape index (κ3) is 4.70. The summed E-state index contributed by atoms with van der Waals surface area (Å²) < 4.78 is 30.2. The van der Waals surface area contributed by atoms with Crippen molar-refractivity contribution in [3.63, 3.8) is 0 Å². The van der Waals surface area contributed by atoms with Crippen molar-refractivity contribution >= 4 is 21.4 Å². The van der Waals surface area contributed by atoms with Crippen LogP contribution in [-0.4, -0.2) is 20.1 Å². The Hall–Kier alpha value is -3.12. The van der Waals surface area contributed by atoms with Crippen LogP contribution in [0, 0.1) is 0 Å². The number of carbonyl (C=O) groups excluding carboxylic acids is 1. The molecule has 0 radical (unpaired) electrons. The van der Waals surface area contributed by atoms with E-state index in [0.29, 0.717) is 17.2 Å². The summed E-state index contributed by atoms with van der Waals surface area (Å²) in [7, 11) is -3.68. The van der Waals surface area contributed by atoms with E-state index in [1.165, 1.54) is 12.1 Å². The van der Waals surface area contributed by atoms with Crippen molar-refractivity contribution in [2.24, 2.45) is 0 Å². The number of sulfone groups is 1. The van der Waals surface area contributed by atoms with Gasteiger partial charge in [-0.25, -0.2) is 8.42 Å². The Bertz CT molecular complexity index is 987. The smallest absolute Gasteiger partial charge is 0.239 e. The Morgan fingerprint density at radius 2 is 1.42 bits per heavy atom. The summed E-state index contributed by atoms with van der Waals surface area (Å²) >= 11 is 0. The number of carbonyl (C=O) groups is 1. The molecule has 0 saturated carbocycles. The zero-order valence-electron chi connectivity index (χ0n) is 13.8. The molecular weight excluding hydrogens is 350 g/mol. The standard InChI is InChI=1S/C20H17NO4S/c22-20(15-26(23,24)19-12-5-2-6-13-19)21-16-8-7-11-18(14-16)25-17-9-3-1-4-10-17/h1-14H,15H2,(H,21,22). The van der Waals surface area contributed by atoms with Gasteiger partial charge in [0.05, 0.1) is 4.90 Å². The second-order valence-corrected chi connectivity index (χ2v) is 7.55. The first-order valence-electron chi connectivity index (χ1n) is 7.93. The maximum absolute atomic E-state index is 12.3. The number of rotatable bonds is 6. The van der Waals surface area contributed by atoms with Crippen molar-refractivity contribution in [3.05, 3.63) is 84.9 Å². The minimum Gasteiger partial charge on any atom is -0.457 e. The highest BCUT2D eigenvalue weighted by atomic mass is 32.2. The van der Waals surface area contributed by atoms with E-state index < -0.39 is 21.5 Å². The quantitative estimate of drug-likeness (QED) is 0.717. The Morgan fingerprint density at radius 3 is 2.12 bits per heavy atom. The van der Waals surface area contributed by atoms with E-state index in [2.05, 4.69) is 5.32 Å². The number of ether oxygens (including phenoxy) is 1. The van der Waals surface area contributed by atoms with Crippen molar-refractivity contribution in [2.75, 3.05) is 11.1 Å². The fraction of sp³-hybridized carbons (Fsp3) is 0.0500. The zero-order chi connectivity index (χ0) is 18.4. The lowest BCUT2D eigenvalue weighted by Crippen LogP contribution is -2.23. The summed E-state index contributed by atoms with van der Waals surface area (Å²) in [6, 6.07) is 23.9. The highest BCUT2D eigenvalue weighted by Crippen LogP contribution is 2.24. The van der Waals surface area contributed by atoms with E-state index >= 15 is 0 Å². The van der Waals surface area contributed by atoms with Crippen LogP contribution in [0.1, 0.15) is 0 Å². The molecule has 5 nitrogen and oxygen atoms in total. The molecule has 0 bridgehead atoms. The molecule has 0 unspecified atom stereocenters. The Labute approximate surface area is 152 Å². The van der Waals surface area contributed by atoms with Crippen LogP contribution in [0.4, 0.5) is 5.69 Å². The number of para-hydroxylation sites is 1. The van der Waals surface area contributed by atoms with Gasteiger partial charge < -0.3 is 10.1 Å². The molecule has 6 heteroatoms. The molecule has 3 aromatic carbocycles. The van der Waals surface area contributed by atoms with E-state index in [1.807, 2.05) is 30.3 Å².